The summed E-state index contributed by atoms with van der Waals surface area (Å²) in [6.07, 6.45) is -1.46. The van der Waals surface area contributed by atoms with Gasteiger partial charge in [0.25, 0.3) is 0 Å². The van der Waals surface area contributed by atoms with E-state index in [4.69, 9.17) is 9.47 Å². The highest BCUT2D eigenvalue weighted by atomic mass is 32.2. The molecule has 1 aliphatic heterocycles. The lowest BCUT2D eigenvalue weighted by atomic mass is 10.1. The van der Waals surface area contributed by atoms with Crippen LogP contribution in [0.15, 0.2) is 53.7 Å². The quantitative estimate of drug-likeness (QED) is 0.383. The summed E-state index contributed by atoms with van der Waals surface area (Å²) in [4.78, 5) is 22.2. The number of amides is 1. The van der Waals surface area contributed by atoms with Crippen LogP contribution in [0.3, 0.4) is 0 Å². The highest BCUT2D eigenvalue weighted by molar-refractivity contribution is 7.90. The van der Waals surface area contributed by atoms with Crippen LogP contribution in [-0.4, -0.2) is 61.2 Å². The van der Waals surface area contributed by atoms with E-state index in [9.17, 15) is 30.8 Å². The number of nitrogens with zero attached hydrogens (tertiary/aromatic N) is 3. The second-order valence-corrected chi connectivity index (χ2v) is 11.3. The van der Waals surface area contributed by atoms with Gasteiger partial charge in [-0.15, -0.1) is 0 Å². The number of likely N-dealkylation sites (tertiary alicyclic amines) is 1. The molecule has 0 saturated carbocycles. The van der Waals surface area contributed by atoms with Gasteiger partial charge in [0.15, 0.2) is 21.4 Å². The van der Waals surface area contributed by atoms with Gasteiger partial charge in [-0.05, 0) is 56.2 Å². The van der Waals surface area contributed by atoms with Crippen molar-refractivity contribution in [3.8, 4) is 17.5 Å². The van der Waals surface area contributed by atoms with Crippen LogP contribution < -0.4 is 14.8 Å². The predicted molar refractivity (Wildman–Crippen MR) is 137 cm³/mol. The van der Waals surface area contributed by atoms with E-state index in [0.717, 1.165) is 24.5 Å². The van der Waals surface area contributed by atoms with Gasteiger partial charge in [-0.3, -0.25) is 9.69 Å². The topological polar surface area (TPSA) is 111 Å². The smallest absolute Gasteiger partial charge is 0.416 e. The Morgan fingerprint density at radius 3 is 2.45 bits per heavy atom. The molecule has 0 unspecified atom stereocenters. The SMILES string of the molecule is Cc1c(Oc2ccc(S(C)(=O)=O)cc2F)ncnc1OC1CCN(CC(=O)Nc2cccc(C(F)(F)F)c2)CC1. The van der Waals surface area contributed by atoms with E-state index in [1.807, 2.05) is 4.90 Å². The molecule has 1 amide bonds. The number of nitrogens with one attached hydrogen (secondary N) is 1. The molecular weight excluding hydrogens is 556 g/mol. The Hall–Kier alpha value is -3.78. The molecule has 0 bridgehead atoms. The first-order valence-electron chi connectivity index (χ1n) is 12.1. The molecular formula is C26H26F4N4O5S. The molecule has 1 N–H and O–H groups in total. The van der Waals surface area contributed by atoms with Crippen molar-refractivity contribution in [1.29, 1.82) is 0 Å². The van der Waals surface area contributed by atoms with Gasteiger partial charge in [0.2, 0.25) is 17.7 Å². The van der Waals surface area contributed by atoms with Crippen molar-refractivity contribution < 1.29 is 40.2 Å². The minimum atomic E-state index is -4.50. The lowest BCUT2D eigenvalue weighted by Gasteiger charge is -2.31. The van der Waals surface area contributed by atoms with Crippen LogP contribution in [0.1, 0.15) is 24.0 Å². The Balaban J connectivity index is 1.31. The van der Waals surface area contributed by atoms with Crippen LogP contribution in [0.2, 0.25) is 0 Å². The summed E-state index contributed by atoms with van der Waals surface area (Å²) < 4.78 is 88.0. The second kappa shape index (κ2) is 11.8. The van der Waals surface area contributed by atoms with Gasteiger partial charge < -0.3 is 14.8 Å². The lowest BCUT2D eigenvalue weighted by molar-refractivity contribution is -0.137. The minimum Gasteiger partial charge on any atom is -0.474 e. The third-order valence-electron chi connectivity index (χ3n) is 6.18. The largest absolute Gasteiger partial charge is 0.474 e. The summed E-state index contributed by atoms with van der Waals surface area (Å²) in [5.74, 6) is -1.23. The average Bonchev–Trinajstić information content (AvgIpc) is 2.87. The van der Waals surface area contributed by atoms with Crippen LogP contribution in [0.4, 0.5) is 23.2 Å². The van der Waals surface area contributed by atoms with Crippen molar-refractivity contribution in [3.05, 3.63) is 65.7 Å². The van der Waals surface area contributed by atoms with Crippen LogP contribution in [0, 0.1) is 12.7 Å². The standard InChI is InChI=1S/C26H26F4N4O5S/c1-16-24(31-15-32-25(16)39-22-7-6-20(13-21(22)27)40(2,36)37)38-19-8-10-34(11-9-19)14-23(35)33-18-5-3-4-17(12-18)26(28,29)30/h3-7,12-13,15,19H,8-11,14H2,1-2H3,(H,33,35). The number of alkyl halides is 3. The molecule has 214 valence electrons. The van der Waals surface area contributed by atoms with Crippen LogP contribution in [0.5, 0.6) is 17.5 Å². The predicted octanol–water partition coefficient (Wildman–Crippen LogP) is 4.62. The second-order valence-electron chi connectivity index (χ2n) is 9.30. The molecule has 0 radical (unpaired) electrons. The fourth-order valence-corrected chi connectivity index (χ4v) is 4.69. The van der Waals surface area contributed by atoms with E-state index >= 15 is 0 Å². The van der Waals surface area contributed by atoms with Crippen LogP contribution >= 0.6 is 0 Å². The van der Waals surface area contributed by atoms with E-state index in [1.54, 1.807) is 6.92 Å². The number of anilines is 1. The third-order valence-corrected chi connectivity index (χ3v) is 7.29. The fraction of sp³-hybridized carbons (Fsp3) is 0.346. The Morgan fingerprint density at radius 2 is 1.80 bits per heavy atom. The van der Waals surface area contributed by atoms with Gasteiger partial charge in [0, 0.05) is 25.0 Å². The highest BCUT2D eigenvalue weighted by Crippen LogP contribution is 2.32. The summed E-state index contributed by atoms with van der Waals surface area (Å²) in [6, 6.07) is 7.75. The number of aromatic nitrogens is 2. The van der Waals surface area contributed by atoms with Gasteiger partial charge in [0.05, 0.1) is 22.6 Å². The number of piperidine rings is 1. The van der Waals surface area contributed by atoms with Crippen LogP contribution in [-0.2, 0) is 20.8 Å². The molecule has 9 nitrogen and oxygen atoms in total. The van der Waals surface area contributed by atoms with Crippen molar-refractivity contribution in [2.45, 2.75) is 36.9 Å². The van der Waals surface area contributed by atoms with E-state index in [2.05, 4.69) is 15.3 Å². The molecule has 14 heteroatoms. The number of benzene rings is 2. The Kier molecular flexibility index (Phi) is 8.59. The number of carbonyl (C=O) groups is 1. The molecule has 1 aromatic heterocycles. The molecule has 3 aromatic rings. The van der Waals surface area contributed by atoms with Crippen molar-refractivity contribution in [3.63, 3.8) is 0 Å². The number of ether oxygens (including phenoxy) is 2. The molecule has 4 rings (SSSR count). The number of hydrogen-bond donors (Lipinski definition) is 1. The number of halogens is 4. The Morgan fingerprint density at radius 1 is 1.10 bits per heavy atom. The first-order valence-corrected chi connectivity index (χ1v) is 14.0. The zero-order valence-corrected chi connectivity index (χ0v) is 22.4. The van der Waals surface area contributed by atoms with Crippen molar-refractivity contribution >= 4 is 21.4 Å². The third kappa shape index (κ3) is 7.45. The summed E-state index contributed by atoms with van der Waals surface area (Å²) in [5.41, 5.74) is -0.356. The zero-order valence-electron chi connectivity index (χ0n) is 21.5. The monoisotopic (exact) mass is 582 g/mol. The van der Waals surface area contributed by atoms with E-state index in [0.29, 0.717) is 31.5 Å². The fourth-order valence-electron chi connectivity index (χ4n) is 4.06. The minimum absolute atomic E-state index is 0.0111. The average molecular weight is 583 g/mol. The van der Waals surface area contributed by atoms with E-state index < -0.39 is 33.3 Å². The van der Waals surface area contributed by atoms with Gasteiger partial charge in [-0.25, -0.2) is 22.8 Å². The molecule has 0 atom stereocenters. The highest BCUT2D eigenvalue weighted by Gasteiger charge is 2.30. The Bertz CT molecular complexity index is 1490. The summed E-state index contributed by atoms with van der Waals surface area (Å²) in [7, 11) is -3.58. The Labute approximate surface area is 228 Å². The maximum atomic E-state index is 14.4. The first kappa shape index (κ1) is 29.2. The van der Waals surface area contributed by atoms with Gasteiger partial charge in [-0.2, -0.15) is 13.2 Å². The van der Waals surface area contributed by atoms with Gasteiger partial charge >= 0.3 is 6.18 Å². The molecule has 2 heterocycles. The van der Waals surface area contributed by atoms with Crippen LogP contribution in [0.25, 0.3) is 0 Å². The van der Waals surface area contributed by atoms with Crippen molar-refractivity contribution in [2.24, 2.45) is 0 Å². The number of rotatable bonds is 8. The maximum absolute atomic E-state index is 14.4. The molecule has 0 spiro atoms. The first-order chi connectivity index (χ1) is 18.8. The van der Waals surface area contributed by atoms with Gasteiger partial charge in [-0.1, -0.05) is 6.07 Å². The molecule has 1 fully saturated rings. The van der Waals surface area contributed by atoms with Crippen molar-refractivity contribution in [1.82, 2.24) is 14.9 Å². The number of sulfone groups is 1. The molecule has 1 saturated heterocycles. The molecule has 2 aromatic carbocycles. The van der Waals surface area contributed by atoms with Gasteiger partial charge in [0.1, 0.15) is 12.4 Å². The van der Waals surface area contributed by atoms with E-state index in [1.165, 1.54) is 30.6 Å². The molecule has 1 aliphatic rings. The molecule has 0 aliphatic carbocycles. The number of hydrogen-bond acceptors (Lipinski definition) is 8. The maximum Gasteiger partial charge on any atom is 0.416 e. The summed E-state index contributed by atoms with van der Waals surface area (Å²) in [5, 5.41) is 2.50. The number of carbonyl (C=O) groups excluding carboxylic acids is 1. The summed E-state index contributed by atoms with van der Waals surface area (Å²) in [6.45, 7) is 2.66. The lowest BCUT2D eigenvalue weighted by Crippen LogP contribution is -2.42. The van der Waals surface area contributed by atoms with E-state index in [-0.39, 0.29) is 40.7 Å². The summed E-state index contributed by atoms with van der Waals surface area (Å²) >= 11 is 0. The normalized spacial score (nSPS) is 15.1. The molecule has 40 heavy (non-hydrogen) atoms. The van der Waals surface area contributed by atoms with Crippen molar-refractivity contribution in [2.75, 3.05) is 31.2 Å². The zero-order chi connectivity index (χ0) is 29.1.